The molecule has 0 bridgehead atoms. The Morgan fingerprint density at radius 1 is 0.861 bits per heavy atom. The van der Waals surface area contributed by atoms with E-state index in [0.717, 1.165) is 27.8 Å². The summed E-state index contributed by atoms with van der Waals surface area (Å²) in [5.41, 5.74) is 5.40. The van der Waals surface area contributed by atoms with Crippen LogP contribution in [0.15, 0.2) is 78.9 Å². The highest BCUT2D eigenvalue weighted by Crippen LogP contribution is 2.44. The van der Waals surface area contributed by atoms with Crippen molar-refractivity contribution in [3.8, 4) is 11.1 Å². The van der Waals surface area contributed by atoms with Crippen molar-refractivity contribution in [1.29, 1.82) is 0 Å². The van der Waals surface area contributed by atoms with Crippen LogP contribution in [0.5, 0.6) is 0 Å². The van der Waals surface area contributed by atoms with E-state index in [1.165, 1.54) is 0 Å². The van der Waals surface area contributed by atoms with Crippen molar-refractivity contribution in [2.75, 3.05) is 12.4 Å². The predicted molar refractivity (Wildman–Crippen MR) is 140 cm³/mol. The predicted octanol–water partition coefficient (Wildman–Crippen LogP) is 4.53. The fourth-order valence-electron chi connectivity index (χ4n) is 4.36. The van der Waals surface area contributed by atoms with Gasteiger partial charge in [-0.1, -0.05) is 78.9 Å². The van der Waals surface area contributed by atoms with Crippen molar-refractivity contribution < 1.29 is 23.9 Å². The average Bonchev–Trinajstić information content (AvgIpc) is 3.23. The molecule has 1 amide bonds. The molecule has 0 spiro atoms. The second kappa shape index (κ2) is 11.9. The monoisotopic (exact) mass is 503 g/mol. The number of hydrogen-bond acceptors (Lipinski definition) is 6. The molecule has 2 atom stereocenters. The van der Waals surface area contributed by atoms with Crippen LogP contribution in [0.3, 0.4) is 0 Å². The lowest BCUT2D eigenvalue weighted by atomic mass is 9.98. The van der Waals surface area contributed by atoms with Gasteiger partial charge in [-0.3, -0.25) is 9.59 Å². The third-order valence-corrected chi connectivity index (χ3v) is 6.75. The number of nitrogens with one attached hydrogen (secondary N) is 1. The molecule has 36 heavy (non-hydrogen) atoms. The highest BCUT2D eigenvalue weighted by molar-refractivity contribution is 7.80. The fourth-order valence-corrected chi connectivity index (χ4v) is 4.65. The first-order valence-corrected chi connectivity index (χ1v) is 12.6. The van der Waals surface area contributed by atoms with Crippen LogP contribution in [0.1, 0.15) is 36.0 Å². The van der Waals surface area contributed by atoms with Crippen molar-refractivity contribution in [3.05, 3.63) is 95.6 Å². The van der Waals surface area contributed by atoms with E-state index in [1.54, 1.807) is 6.92 Å². The van der Waals surface area contributed by atoms with Crippen LogP contribution in [-0.2, 0) is 30.5 Å². The molecule has 0 unspecified atom stereocenters. The Kier molecular flexibility index (Phi) is 8.44. The molecule has 186 valence electrons. The minimum Gasteiger partial charge on any atom is -0.465 e. The number of rotatable bonds is 10. The highest BCUT2D eigenvalue weighted by atomic mass is 32.1. The van der Waals surface area contributed by atoms with Crippen LogP contribution in [0.25, 0.3) is 11.1 Å². The lowest BCUT2D eigenvalue weighted by molar-refractivity contribution is -0.149. The molecule has 4 rings (SSSR count). The Morgan fingerprint density at radius 3 is 2.06 bits per heavy atom. The largest absolute Gasteiger partial charge is 0.465 e. The summed E-state index contributed by atoms with van der Waals surface area (Å²) in [4.78, 5) is 37.6. The zero-order chi connectivity index (χ0) is 25.5. The van der Waals surface area contributed by atoms with Crippen LogP contribution in [0, 0.1) is 5.92 Å². The van der Waals surface area contributed by atoms with Crippen molar-refractivity contribution in [2.24, 2.45) is 5.92 Å². The Balaban J connectivity index is 1.28. The summed E-state index contributed by atoms with van der Waals surface area (Å²) >= 11 is 4.24. The molecule has 7 heteroatoms. The van der Waals surface area contributed by atoms with Crippen LogP contribution >= 0.6 is 12.6 Å². The first kappa shape index (κ1) is 25.5. The number of ether oxygens (including phenoxy) is 2. The topological polar surface area (TPSA) is 81.7 Å². The maximum atomic E-state index is 12.7. The fraction of sp³-hybridized carbons (Fsp3) is 0.276. The van der Waals surface area contributed by atoms with E-state index in [0.29, 0.717) is 0 Å². The molecular formula is C29H29NO5S. The third kappa shape index (κ3) is 5.97. The van der Waals surface area contributed by atoms with E-state index < -0.39 is 29.8 Å². The second-order valence-corrected chi connectivity index (χ2v) is 9.18. The molecular weight excluding hydrogens is 474 g/mol. The van der Waals surface area contributed by atoms with Gasteiger partial charge in [-0.05, 0) is 34.7 Å². The first-order chi connectivity index (χ1) is 17.5. The summed E-state index contributed by atoms with van der Waals surface area (Å²) in [7, 11) is 0. The maximum absolute atomic E-state index is 12.7. The molecule has 3 aromatic carbocycles. The van der Waals surface area contributed by atoms with Crippen LogP contribution < -0.4 is 5.32 Å². The standard InChI is InChI=1S/C29H29NO5S/c1-19(29(33)35-16-20-9-3-2-4-10-20)30-28(32)21(18-36)15-27(31)34-17-26-24-13-7-5-11-22(24)23-12-6-8-14-25(23)26/h2-14,19,21,26,36H,15-18H2,1H3,(H,30,32)/t19-,21+/m1/s1. The summed E-state index contributed by atoms with van der Waals surface area (Å²) in [6.07, 6.45) is -0.128. The van der Waals surface area contributed by atoms with Crippen LogP contribution in [0.2, 0.25) is 0 Å². The zero-order valence-corrected chi connectivity index (χ0v) is 20.9. The molecule has 1 aliphatic carbocycles. The average molecular weight is 504 g/mol. The van der Waals surface area contributed by atoms with E-state index >= 15 is 0 Å². The summed E-state index contributed by atoms with van der Waals surface area (Å²) in [6, 6.07) is 24.6. The Labute approximate surface area is 216 Å². The van der Waals surface area contributed by atoms with Gasteiger partial charge in [-0.2, -0.15) is 12.6 Å². The van der Waals surface area contributed by atoms with E-state index in [9.17, 15) is 14.4 Å². The van der Waals surface area contributed by atoms with Gasteiger partial charge in [0.1, 0.15) is 19.3 Å². The quantitative estimate of drug-likeness (QED) is 0.314. The number of carbonyl (C=O) groups is 3. The minimum absolute atomic E-state index is 0.0518. The zero-order valence-electron chi connectivity index (χ0n) is 20.1. The molecule has 0 aromatic heterocycles. The summed E-state index contributed by atoms with van der Waals surface area (Å²) < 4.78 is 10.9. The number of hydrogen-bond donors (Lipinski definition) is 2. The molecule has 1 N–H and O–H groups in total. The van der Waals surface area contributed by atoms with Gasteiger partial charge in [-0.15, -0.1) is 0 Å². The summed E-state index contributed by atoms with van der Waals surface area (Å²) in [5, 5.41) is 2.63. The Hall–Kier alpha value is -3.58. The molecule has 0 radical (unpaired) electrons. The number of fused-ring (bicyclic) bond motifs is 3. The van der Waals surface area contributed by atoms with Gasteiger partial charge in [0.25, 0.3) is 0 Å². The first-order valence-electron chi connectivity index (χ1n) is 11.9. The Bertz CT molecular complexity index is 1180. The van der Waals surface area contributed by atoms with Gasteiger partial charge in [0.2, 0.25) is 5.91 Å². The van der Waals surface area contributed by atoms with Gasteiger partial charge < -0.3 is 14.8 Å². The van der Waals surface area contributed by atoms with E-state index in [1.807, 2.05) is 54.6 Å². The van der Waals surface area contributed by atoms with Crippen molar-refractivity contribution in [2.45, 2.75) is 31.9 Å². The van der Waals surface area contributed by atoms with Crippen molar-refractivity contribution >= 4 is 30.5 Å². The lowest BCUT2D eigenvalue weighted by Gasteiger charge is -2.19. The number of benzene rings is 3. The van der Waals surface area contributed by atoms with Crippen molar-refractivity contribution in [1.82, 2.24) is 5.32 Å². The number of amides is 1. The normalized spacial score (nSPS) is 13.7. The van der Waals surface area contributed by atoms with Gasteiger partial charge in [-0.25, -0.2) is 4.79 Å². The Morgan fingerprint density at radius 2 is 1.44 bits per heavy atom. The molecule has 0 aliphatic heterocycles. The maximum Gasteiger partial charge on any atom is 0.328 e. The number of carbonyl (C=O) groups excluding carboxylic acids is 3. The highest BCUT2D eigenvalue weighted by Gasteiger charge is 2.30. The molecule has 0 saturated carbocycles. The molecule has 6 nitrogen and oxygen atoms in total. The SMILES string of the molecule is C[C@@H](NC(=O)[C@H](CS)CC(=O)OCC1c2ccccc2-c2ccccc21)C(=O)OCc1ccccc1. The van der Waals surface area contributed by atoms with Gasteiger partial charge >= 0.3 is 11.9 Å². The van der Waals surface area contributed by atoms with Crippen molar-refractivity contribution in [3.63, 3.8) is 0 Å². The molecule has 1 aliphatic rings. The van der Waals surface area contributed by atoms with Crippen LogP contribution in [-0.4, -0.2) is 36.2 Å². The minimum atomic E-state index is -0.855. The smallest absolute Gasteiger partial charge is 0.328 e. The third-order valence-electron chi connectivity index (χ3n) is 6.31. The van der Waals surface area contributed by atoms with E-state index in [2.05, 4.69) is 42.2 Å². The van der Waals surface area contributed by atoms with Gasteiger partial charge in [0.05, 0.1) is 12.3 Å². The molecule has 3 aromatic rings. The van der Waals surface area contributed by atoms with E-state index in [-0.39, 0.29) is 31.3 Å². The molecule has 0 fully saturated rings. The van der Waals surface area contributed by atoms with E-state index in [4.69, 9.17) is 9.47 Å². The summed E-state index contributed by atoms with van der Waals surface area (Å²) in [5.74, 6) is -2.11. The number of esters is 2. The lowest BCUT2D eigenvalue weighted by Crippen LogP contribution is -2.43. The molecule has 0 heterocycles. The number of thiol groups is 1. The second-order valence-electron chi connectivity index (χ2n) is 8.82. The van der Waals surface area contributed by atoms with Gasteiger partial charge in [0, 0.05) is 11.7 Å². The van der Waals surface area contributed by atoms with Crippen LogP contribution in [0.4, 0.5) is 0 Å². The molecule has 0 saturated heterocycles. The van der Waals surface area contributed by atoms with Gasteiger partial charge in [0.15, 0.2) is 0 Å². The summed E-state index contributed by atoms with van der Waals surface area (Å²) in [6.45, 7) is 1.86.